The zero-order valence-corrected chi connectivity index (χ0v) is 11.5. The molecule has 2 amide bonds. The largest absolute Gasteiger partial charge is 0.481 e. The summed E-state index contributed by atoms with van der Waals surface area (Å²) in [5.74, 6) is -0.916. The van der Waals surface area contributed by atoms with Crippen molar-refractivity contribution >= 4 is 23.8 Å². The number of carboxylic acid groups (broad SMARTS) is 1. The number of nitrogens with one attached hydrogen (secondary N) is 1. The maximum absolute atomic E-state index is 12.0. The number of hydrogen-bond acceptors (Lipinski definition) is 4. The van der Waals surface area contributed by atoms with Crippen LogP contribution in [0.2, 0.25) is 0 Å². The molecule has 1 saturated heterocycles. The highest BCUT2D eigenvalue weighted by molar-refractivity contribution is 7.99. The first-order valence-electron chi connectivity index (χ1n) is 5.91. The van der Waals surface area contributed by atoms with E-state index in [9.17, 15) is 9.59 Å². The topological polar surface area (TPSA) is 78.9 Å². The number of morpholine rings is 1. The summed E-state index contributed by atoms with van der Waals surface area (Å²) in [6.45, 7) is 3.80. The monoisotopic (exact) mass is 276 g/mol. The molecule has 6 nitrogen and oxygen atoms in total. The van der Waals surface area contributed by atoms with Crippen molar-refractivity contribution in [1.82, 2.24) is 10.2 Å². The van der Waals surface area contributed by atoms with Crippen molar-refractivity contribution in [1.29, 1.82) is 0 Å². The molecular weight excluding hydrogens is 256 g/mol. The molecule has 0 saturated carbocycles. The molecule has 0 aromatic carbocycles. The van der Waals surface area contributed by atoms with Crippen molar-refractivity contribution in [3.63, 3.8) is 0 Å². The Morgan fingerprint density at radius 2 is 2.33 bits per heavy atom. The van der Waals surface area contributed by atoms with E-state index in [1.165, 1.54) is 0 Å². The van der Waals surface area contributed by atoms with Crippen molar-refractivity contribution < 1.29 is 19.4 Å². The third kappa shape index (κ3) is 4.73. The van der Waals surface area contributed by atoms with Gasteiger partial charge in [-0.25, -0.2) is 4.79 Å². The fourth-order valence-corrected chi connectivity index (χ4v) is 1.96. The molecule has 2 atom stereocenters. The van der Waals surface area contributed by atoms with Crippen molar-refractivity contribution in [2.75, 3.05) is 32.6 Å². The highest BCUT2D eigenvalue weighted by Gasteiger charge is 2.29. The second-order valence-electron chi connectivity index (χ2n) is 4.25. The molecule has 7 heteroatoms. The average molecular weight is 276 g/mol. The molecule has 0 aromatic rings. The Morgan fingerprint density at radius 3 is 2.94 bits per heavy atom. The molecule has 1 rings (SSSR count). The third-order valence-electron chi connectivity index (χ3n) is 2.84. The van der Waals surface area contributed by atoms with Crippen molar-refractivity contribution in [3.8, 4) is 0 Å². The van der Waals surface area contributed by atoms with Gasteiger partial charge in [-0.15, -0.1) is 0 Å². The van der Waals surface area contributed by atoms with Crippen LogP contribution in [0.4, 0.5) is 4.79 Å². The predicted molar refractivity (Wildman–Crippen MR) is 69.9 cm³/mol. The van der Waals surface area contributed by atoms with E-state index in [-0.39, 0.29) is 25.1 Å². The molecule has 0 aromatic heterocycles. The van der Waals surface area contributed by atoms with Crippen LogP contribution in [0.1, 0.15) is 13.3 Å². The molecule has 2 N–H and O–H groups in total. The Hall–Kier alpha value is -0.950. The van der Waals surface area contributed by atoms with E-state index in [4.69, 9.17) is 9.84 Å². The van der Waals surface area contributed by atoms with Gasteiger partial charge in [0, 0.05) is 18.3 Å². The first kappa shape index (κ1) is 15.1. The van der Waals surface area contributed by atoms with Gasteiger partial charge in [-0.2, -0.15) is 11.8 Å². The fourth-order valence-electron chi connectivity index (χ4n) is 1.71. The number of hydrogen-bond donors (Lipinski definition) is 2. The normalized spacial score (nSPS) is 21.4. The van der Waals surface area contributed by atoms with Gasteiger partial charge in [-0.3, -0.25) is 4.79 Å². The summed E-state index contributed by atoms with van der Waals surface area (Å²) in [6, 6.07) is -0.578. The van der Waals surface area contributed by atoms with E-state index in [0.29, 0.717) is 24.9 Å². The maximum Gasteiger partial charge on any atom is 0.317 e. The number of carboxylic acids is 1. The van der Waals surface area contributed by atoms with Crippen LogP contribution in [0.15, 0.2) is 0 Å². The number of aliphatic carboxylic acids is 1. The highest BCUT2D eigenvalue weighted by Crippen LogP contribution is 2.11. The molecule has 18 heavy (non-hydrogen) atoms. The van der Waals surface area contributed by atoms with Crippen LogP contribution in [-0.2, 0) is 9.53 Å². The molecule has 0 radical (unpaired) electrons. The highest BCUT2D eigenvalue weighted by atomic mass is 32.2. The molecule has 0 bridgehead atoms. The van der Waals surface area contributed by atoms with E-state index in [1.807, 2.05) is 13.2 Å². The minimum Gasteiger partial charge on any atom is -0.481 e. The summed E-state index contributed by atoms with van der Waals surface area (Å²) in [4.78, 5) is 24.3. The molecule has 1 fully saturated rings. The molecular formula is C11H20N2O4S. The van der Waals surface area contributed by atoms with Crippen LogP contribution in [-0.4, -0.2) is 65.9 Å². The molecule has 1 aliphatic heterocycles. The summed E-state index contributed by atoms with van der Waals surface area (Å²) in [6.07, 6.45) is 1.91. The smallest absolute Gasteiger partial charge is 0.317 e. The number of thioether (sulfide) groups is 1. The molecule has 0 aliphatic carbocycles. The summed E-state index contributed by atoms with van der Waals surface area (Å²) >= 11 is 1.67. The number of carbonyl (C=O) groups is 2. The van der Waals surface area contributed by atoms with Crippen LogP contribution in [0.3, 0.4) is 0 Å². The fraction of sp³-hybridized carbons (Fsp3) is 0.818. The molecule has 2 unspecified atom stereocenters. The van der Waals surface area contributed by atoms with Crippen LogP contribution in [0.25, 0.3) is 0 Å². The Kier molecular flexibility index (Phi) is 6.28. The van der Waals surface area contributed by atoms with Gasteiger partial charge in [0.05, 0.1) is 25.7 Å². The number of carbonyl (C=O) groups excluding carboxylic acids is 1. The maximum atomic E-state index is 12.0. The number of urea groups is 1. The lowest BCUT2D eigenvalue weighted by atomic mass is 10.1. The first-order chi connectivity index (χ1) is 8.54. The van der Waals surface area contributed by atoms with Gasteiger partial charge < -0.3 is 20.1 Å². The summed E-state index contributed by atoms with van der Waals surface area (Å²) < 4.78 is 5.22. The lowest BCUT2D eigenvalue weighted by Crippen LogP contribution is -2.53. The summed E-state index contributed by atoms with van der Waals surface area (Å²) in [7, 11) is 0. The van der Waals surface area contributed by atoms with E-state index >= 15 is 0 Å². The Labute approximate surface area is 111 Å². The van der Waals surface area contributed by atoms with Gasteiger partial charge >= 0.3 is 12.0 Å². The predicted octanol–water partition coefficient (Wildman–Crippen LogP) is 0.623. The van der Waals surface area contributed by atoms with Crippen LogP contribution >= 0.6 is 11.8 Å². The zero-order chi connectivity index (χ0) is 13.5. The van der Waals surface area contributed by atoms with E-state index in [2.05, 4.69) is 5.32 Å². The minimum atomic E-state index is -0.916. The number of amides is 2. The molecule has 1 aliphatic rings. The van der Waals surface area contributed by atoms with Crippen LogP contribution < -0.4 is 5.32 Å². The molecule has 104 valence electrons. The quantitative estimate of drug-likeness (QED) is 0.769. The van der Waals surface area contributed by atoms with E-state index in [0.717, 1.165) is 0 Å². The van der Waals surface area contributed by atoms with Gasteiger partial charge in [-0.1, -0.05) is 6.92 Å². The number of ether oxygens (including phenoxy) is 1. The third-order valence-corrected chi connectivity index (χ3v) is 3.81. The summed E-state index contributed by atoms with van der Waals surface area (Å²) in [5, 5.41) is 12.0. The van der Waals surface area contributed by atoms with Crippen molar-refractivity contribution in [2.45, 2.75) is 24.6 Å². The standard InChI is InChI=1S/C11H20N2O4S/c1-8(18-2)6-12-11(16)13-3-4-17-7-9(13)5-10(14)15/h8-9H,3-7H2,1-2H3,(H,12,16)(H,14,15). The second-order valence-corrected chi connectivity index (χ2v) is 5.53. The summed E-state index contributed by atoms with van der Waals surface area (Å²) in [5.41, 5.74) is 0. The Bertz CT molecular complexity index is 301. The second kappa shape index (κ2) is 7.48. The van der Waals surface area contributed by atoms with Crippen LogP contribution in [0.5, 0.6) is 0 Å². The van der Waals surface area contributed by atoms with Crippen molar-refractivity contribution in [3.05, 3.63) is 0 Å². The average Bonchev–Trinajstić information content (AvgIpc) is 2.35. The lowest BCUT2D eigenvalue weighted by molar-refractivity contribution is -0.139. The van der Waals surface area contributed by atoms with Gasteiger partial charge in [0.1, 0.15) is 0 Å². The number of nitrogens with zero attached hydrogens (tertiary/aromatic N) is 1. The number of rotatable bonds is 5. The molecule has 1 heterocycles. The van der Waals surface area contributed by atoms with E-state index < -0.39 is 5.97 Å². The van der Waals surface area contributed by atoms with Crippen LogP contribution in [0, 0.1) is 0 Å². The van der Waals surface area contributed by atoms with Gasteiger partial charge in [0.25, 0.3) is 0 Å². The zero-order valence-electron chi connectivity index (χ0n) is 10.7. The Morgan fingerprint density at radius 1 is 1.61 bits per heavy atom. The Balaban J connectivity index is 2.49. The van der Waals surface area contributed by atoms with E-state index in [1.54, 1.807) is 16.7 Å². The lowest BCUT2D eigenvalue weighted by Gasteiger charge is -2.35. The first-order valence-corrected chi connectivity index (χ1v) is 7.20. The van der Waals surface area contributed by atoms with Gasteiger partial charge in [0.15, 0.2) is 0 Å². The molecule has 0 spiro atoms. The van der Waals surface area contributed by atoms with Gasteiger partial charge in [-0.05, 0) is 6.26 Å². The minimum absolute atomic E-state index is 0.0779. The van der Waals surface area contributed by atoms with Crippen molar-refractivity contribution in [2.24, 2.45) is 0 Å². The SMILES string of the molecule is CSC(C)CNC(=O)N1CCOCC1CC(=O)O. The van der Waals surface area contributed by atoms with Gasteiger partial charge in [0.2, 0.25) is 0 Å².